The number of aromatic nitrogens is 1. The molecule has 0 aliphatic carbocycles. The average molecular weight is 257 g/mol. The molecule has 2 rings (SSSR count). The van der Waals surface area contributed by atoms with Crippen LogP contribution in [0.4, 0.5) is 4.39 Å². The molecule has 0 spiro atoms. The second-order valence-electron chi connectivity index (χ2n) is 3.02. The van der Waals surface area contributed by atoms with E-state index in [-0.39, 0.29) is 10.4 Å². The standard InChI is InChI=1S/C10H6ClFN2OS/c11-5-1-2-7(12)6(3-5)10-14-4-8(16-10)9(13)15/h1-4H,(H2,13,15). The van der Waals surface area contributed by atoms with Crippen LogP contribution in [0.25, 0.3) is 10.6 Å². The molecule has 6 heteroatoms. The van der Waals surface area contributed by atoms with E-state index in [0.29, 0.717) is 10.0 Å². The van der Waals surface area contributed by atoms with Crippen LogP contribution in [0, 0.1) is 5.82 Å². The van der Waals surface area contributed by atoms with Crippen LogP contribution in [0.3, 0.4) is 0 Å². The number of hydrogen-bond donors (Lipinski definition) is 1. The van der Waals surface area contributed by atoms with Crippen LogP contribution in [0.2, 0.25) is 5.02 Å². The van der Waals surface area contributed by atoms with Crippen molar-refractivity contribution in [2.45, 2.75) is 0 Å². The highest BCUT2D eigenvalue weighted by molar-refractivity contribution is 7.16. The van der Waals surface area contributed by atoms with E-state index in [4.69, 9.17) is 17.3 Å². The Bertz CT molecular complexity index is 556. The number of carbonyl (C=O) groups excluding carboxylic acids is 1. The van der Waals surface area contributed by atoms with Gasteiger partial charge in [-0.3, -0.25) is 4.79 Å². The molecule has 0 atom stereocenters. The quantitative estimate of drug-likeness (QED) is 0.898. The molecule has 16 heavy (non-hydrogen) atoms. The summed E-state index contributed by atoms with van der Waals surface area (Å²) in [4.78, 5) is 15.1. The Morgan fingerprint density at radius 3 is 2.88 bits per heavy atom. The lowest BCUT2D eigenvalue weighted by Gasteiger charge is -1.98. The van der Waals surface area contributed by atoms with Crippen molar-refractivity contribution in [2.75, 3.05) is 0 Å². The molecule has 0 bridgehead atoms. The zero-order valence-corrected chi connectivity index (χ0v) is 9.48. The van der Waals surface area contributed by atoms with Gasteiger partial charge < -0.3 is 5.73 Å². The minimum atomic E-state index is -0.578. The van der Waals surface area contributed by atoms with Crippen molar-refractivity contribution < 1.29 is 9.18 Å². The number of rotatable bonds is 2. The maximum Gasteiger partial charge on any atom is 0.260 e. The molecule has 1 aromatic carbocycles. The summed E-state index contributed by atoms with van der Waals surface area (Å²) in [5.74, 6) is -1.01. The van der Waals surface area contributed by atoms with Gasteiger partial charge in [-0.25, -0.2) is 9.37 Å². The topological polar surface area (TPSA) is 56.0 Å². The van der Waals surface area contributed by atoms with Crippen molar-refractivity contribution >= 4 is 28.8 Å². The smallest absolute Gasteiger partial charge is 0.260 e. The molecule has 0 aliphatic rings. The number of nitrogens with zero attached hydrogens (tertiary/aromatic N) is 1. The van der Waals surface area contributed by atoms with Gasteiger partial charge in [0.05, 0.1) is 6.20 Å². The summed E-state index contributed by atoms with van der Waals surface area (Å²) in [5.41, 5.74) is 5.35. The fourth-order valence-corrected chi connectivity index (χ4v) is 2.13. The molecule has 0 saturated carbocycles. The number of nitrogens with two attached hydrogens (primary N) is 1. The van der Waals surface area contributed by atoms with Crippen LogP contribution in [-0.4, -0.2) is 10.9 Å². The van der Waals surface area contributed by atoms with Crippen molar-refractivity contribution in [3.63, 3.8) is 0 Å². The maximum absolute atomic E-state index is 13.5. The van der Waals surface area contributed by atoms with E-state index >= 15 is 0 Å². The van der Waals surface area contributed by atoms with Gasteiger partial charge in [0.2, 0.25) is 0 Å². The monoisotopic (exact) mass is 256 g/mol. The lowest BCUT2D eigenvalue weighted by molar-refractivity contribution is 0.100. The lowest BCUT2D eigenvalue weighted by atomic mass is 10.2. The zero-order chi connectivity index (χ0) is 11.7. The Morgan fingerprint density at radius 2 is 2.25 bits per heavy atom. The summed E-state index contributed by atoms with van der Waals surface area (Å²) in [6.07, 6.45) is 1.32. The first-order valence-electron chi connectivity index (χ1n) is 4.29. The van der Waals surface area contributed by atoms with E-state index < -0.39 is 11.7 Å². The molecule has 2 aromatic rings. The third-order valence-corrected chi connectivity index (χ3v) is 3.19. The third kappa shape index (κ3) is 2.05. The molecule has 1 heterocycles. The van der Waals surface area contributed by atoms with Crippen LogP contribution >= 0.6 is 22.9 Å². The molecule has 0 aliphatic heterocycles. The van der Waals surface area contributed by atoms with E-state index in [1.54, 1.807) is 0 Å². The lowest BCUT2D eigenvalue weighted by Crippen LogP contribution is -2.08. The van der Waals surface area contributed by atoms with Gasteiger partial charge in [0.15, 0.2) is 0 Å². The molecule has 0 unspecified atom stereocenters. The highest BCUT2D eigenvalue weighted by atomic mass is 35.5. The number of thiazole rings is 1. The van der Waals surface area contributed by atoms with E-state index in [1.807, 2.05) is 0 Å². The number of halogens is 2. The van der Waals surface area contributed by atoms with Gasteiger partial charge in [-0.05, 0) is 18.2 Å². The van der Waals surface area contributed by atoms with Crippen LogP contribution < -0.4 is 5.73 Å². The zero-order valence-electron chi connectivity index (χ0n) is 7.91. The molecule has 0 fully saturated rings. The Kier molecular flexibility index (Phi) is 2.89. The van der Waals surface area contributed by atoms with Crippen LogP contribution in [-0.2, 0) is 0 Å². The fourth-order valence-electron chi connectivity index (χ4n) is 1.17. The van der Waals surface area contributed by atoms with Gasteiger partial charge in [0, 0.05) is 10.6 Å². The molecule has 0 radical (unpaired) electrons. The Morgan fingerprint density at radius 1 is 1.50 bits per heavy atom. The highest BCUT2D eigenvalue weighted by Gasteiger charge is 2.12. The van der Waals surface area contributed by atoms with Crippen molar-refractivity contribution in [3.8, 4) is 10.6 Å². The summed E-state index contributed by atoms with van der Waals surface area (Å²) >= 11 is 6.79. The first-order chi connectivity index (χ1) is 7.58. The number of carbonyl (C=O) groups is 1. The first kappa shape index (κ1) is 11.0. The van der Waals surface area contributed by atoms with Crippen LogP contribution in [0.5, 0.6) is 0 Å². The third-order valence-electron chi connectivity index (χ3n) is 1.91. The number of hydrogen-bond acceptors (Lipinski definition) is 3. The Labute approximate surface area is 99.7 Å². The molecule has 2 N–H and O–H groups in total. The normalized spacial score (nSPS) is 10.4. The van der Waals surface area contributed by atoms with Gasteiger partial charge >= 0.3 is 0 Å². The largest absolute Gasteiger partial charge is 0.365 e. The Hall–Kier alpha value is -1.46. The summed E-state index contributed by atoms with van der Waals surface area (Å²) < 4.78 is 13.5. The van der Waals surface area contributed by atoms with E-state index in [1.165, 1.54) is 24.4 Å². The molecular weight excluding hydrogens is 251 g/mol. The van der Waals surface area contributed by atoms with Crippen molar-refractivity contribution in [1.29, 1.82) is 0 Å². The number of benzene rings is 1. The SMILES string of the molecule is NC(=O)c1cnc(-c2cc(Cl)ccc2F)s1. The van der Waals surface area contributed by atoms with Gasteiger partial charge in [0.1, 0.15) is 15.7 Å². The van der Waals surface area contributed by atoms with Crippen LogP contribution in [0.15, 0.2) is 24.4 Å². The van der Waals surface area contributed by atoms with E-state index in [2.05, 4.69) is 4.98 Å². The molecule has 1 aromatic heterocycles. The highest BCUT2D eigenvalue weighted by Crippen LogP contribution is 2.29. The number of amides is 1. The minimum Gasteiger partial charge on any atom is -0.365 e. The van der Waals surface area contributed by atoms with Crippen molar-refractivity contribution in [3.05, 3.63) is 40.1 Å². The van der Waals surface area contributed by atoms with Crippen LogP contribution in [0.1, 0.15) is 9.67 Å². The maximum atomic E-state index is 13.5. The summed E-state index contributed by atoms with van der Waals surface area (Å²) in [7, 11) is 0. The van der Waals surface area contributed by atoms with Crippen molar-refractivity contribution in [1.82, 2.24) is 4.98 Å². The predicted octanol–water partition coefficient (Wildman–Crippen LogP) is 2.70. The van der Waals surface area contributed by atoms with Crippen molar-refractivity contribution in [2.24, 2.45) is 5.73 Å². The second-order valence-corrected chi connectivity index (χ2v) is 4.49. The van der Waals surface area contributed by atoms with Gasteiger partial charge in [-0.1, -0.05) is 11.6 Å². The molecule has 3 nitrogen and oxygen atoms in total. The second kappa shape index (κ2) is 4.19. The summed E-state index contributed by atoms with van der Waals surface area (Å²) in [6.45, 7) is 0. The van der Waals surface area contributed by atoms with E-state index in [9.17, 15) is 9.18 Å². The van der Waals surface area contributed by atoms with Gasteiger partial charge in [-0.15, -0.1) is 11.3 Å². The first-order valence-corrected chi connectivity index (χ1v) is 5.48. The summed E-state index contributed by atoms with van der Waals surface area (Å²) in [6, 6.07) is 4.16. The minimum absolute atomic E-state index is 0.269. The van der Waals surface area contributed by atoms with E-state index in [0.717, 1.165) is 11.3 Å². The molecule has 1 amide bonds. The average Bonchev–Trinajstić information content (AvgIpc) is 2.70. The molecular formula is C10H6ClFN2OS. The predicted molar refractivity (Wildman–Crippen MR) is 61.0 cm³/mol. The fraction of sp³-hybridized carbons (Fsp3) is 0. The molecule has 82 valence electrons. The molecule has 0 saturated heterocycles. The number of primary amides is 1. The van der Waals surface area contributed by atoms with Gasteiger partial charge in [0.25, 0.3) is 5.91 Å². The summed E-state index contributed by atoms with van der Waals surface area (Å²) in [5, 5.41) is 0.793. The Balaban J connectivity index is 2.50. The van der Waals surface area contributed by atoms with Gasteiger partial charge in [-0.2, -0.15) is 0 Å².